The number of nitrogens with two attached hydrogens (primary N) is 1. The Bertz CT molecular complexity index is 532. The molecule has 1 aliphatic carbocycles. The second-order valence-electron chi connectivity index (χ2n) is 7.85. The third-order valence-electron chi connectivity index (χ3n) is 5.82. The summed E-state index contributed by atoms with van der Waals surface area (Å²) in [6, 6.07) is 7.56. The van der Waals surface area contributed by atoms with Gasteiger partial charge in [0.15, 0.2) is 0 Å². The molecule has 0 amide bonds. The van der Waals surface area contributed by atoms with Gasteiger partial charge in [0.2, 0.25) is 0 Å². The van der Waals surface area contributed by atoms with E-state index in [0.717, 1.165) is 30.4 Å². The highest BCUT2D eigenvalue weighted by atomic mass is 16.5. The van der Waals surface area contributed by atoms with E-state index in [9.17, 15) is 0 Å². The maximum absolute atomic E-state index is 6.11. The van der Waals surface area contributed by atoms with Crippen LogP contribution in [-0.2, 0) is 4.74 Å². The Balaban J connectivity index is 1.42. The normalized spacial score (nSPS) is 25.8. The molecular weight excluding hydrogens is 310 g/mol. The van der Waals surface area contributed by atoms with Crippen molar-refractivity contribution in [3.05, 3.63) is 23.8 Å². The molecule has 2 aliphatic rings. The number of rotatable bonds is 6. The molecule has 4 heteroatoms. The molecule has 1 aliphatic heterocycles. The van der Waals surface area contributed by atoms with E-state index in [0.29, 0.717) is 12.1 Å². The third kappa shape index (κ3) is 5.11. The minimum atomic E-state index is 0.514. The van der Waals surface area contributed by atoms with Gasteiger partial charge in [-0.15, -0.1) is 0 Å². The van der Waals surface area contributed by atoms with Gasteiger partial charge >= 0.3 is 0 Å². The number of nitrogens with one attached hydrogen (secondary N) is 1. The molecule has 0 radical (unpaired) electrons. The van der Waals surface area contributed by atoms with Crippen LogP contribution in [0, 0.1) is 6.92 Å². The molecule has 0 spiro atoms. The number of ether oxygens (including phenoxy) is 1. The zero-order chi connectivity index (χ0) is 17.6. The van der Waals surface area contributed by atoms with E-state index >= 15 is 0 Å². The highest BCUT2D eigenvalue weighted by molar-refractivity contribution is 5.67. The van der Waals surface area contributed by atoms with Crippen LogP contribution < -0.4 is 11.1 Å². The summed E-state index contributed by atoms with van der Waals surface area (Å²) in [4.78, 5) is 2.72. The van der Waals surface area contributed by atoms with Crippen LogP contribution in [0.15, 0.2) is 18.2 Å². The predicted molar refractivity (Wildman–Crippen MR) is 106 cm³/mol. The van der Waals surface area contributed by atoms with Gasteiger partial charge in [-0.05, 0) is 69.6 Å². The Morgan fingerprint density at radius 1 is 1.12 bits per heavy atom. The molecule has 140 valence electrons. The fourth-order valence-corrected chi connectivity index (χ4v) is 4.29. The number of likely N-dealkylation sites (tertiary alicyclic amines) is 1. The largest absolute Gasteiger partial charge is 0.397 e. The fraction of sp³-hybridized carbons (Fsp3) is 0.714. The highest BCUT2D eigenvalue weighted by Gasteiger charge is 2.29. The molecule has 3 rings (SSSR count). The van der Waals surface area contributed by atoms with Gasteiger partial charge in [-0.1, -0.05) is 13.0 Å². The quantitative estimate of drug-likeness (QED) is 0.759. The molecule has 4 nitrogen and oxygen atoms in total. The number of nitrogen functional groups attached to an aromatic ring is 1. The van der Waals surface area contributed by atoms with Crippen molar-refractivity contribution in [1.82, 2.24) is 4.90 Å². The van der Waals surface area contributed by atoms with Crippen LogP contribution in [0.3, 0.4) is 0 Å². The summed E-state index contributed by atoms with van der Waals surface area (Å²) in [5.41, 5.74) is 9.34. The topological polar surface area (TPSA) is 50.5 Å². The SMILES string of the molecule is CCCOC1CCC(N2CCC(Nc3cc(C)ccc3N)CC2)CC1. The first-order chi connectivity index (χ1) is 12.2. The Labute approximate surface area is 153 Å². The van der Waals surface area contributed by atoms with E-state index in [4.69, 9.17) is 10.5 Å². The number of aryl methyl sites for hydroxylation is 1. The Hall–Kier alpha value is -1.26. The van der Waals surface area contributed by atoms with Crippen LogP contribution in [0.5, 0.6) is 0 Å². The molecule has 1 saturated carbocycles. The van der Waals surface area contributed by atoms with Gasteiger partial charge in [0, 0.05) is 31.8 Å². The summed E-state index contributed by atoms with van der Waals surface area (Å²) in [6.45, 7) is 7.64. The number of piperidine rings is 1. The van der Waals surface area contributed by atoms with Crippen molar-refractivity contribution in [3.63, 3.8) is 0 Å². The van der Waals surface area contributed by atoms with Crippen LogP contribution in [0.1, 0.15) is 57.4 Å². The monoisotopic (exact) mass is 345 g/mol. The number of anilines is 2. The molecule has 1 heterocycles. The van der Waals surface area contributed by atoms with Crippen molar-refractivity contribution in [2.45, 2.75) is 77.0 Å². The minimum Gasteiger partial charge on any atom is -0.397 e. The van der Waals surface area contributed by atoms with E-state index in [2.05, 4.69) is 36.2 Å². The van der Waals surface area contributed by atoms with Crippen molar-refractivity contribution in [2.24, 2.45) is 0 Å². The summed E-state index contributed by atoms with van der Waals surface area (Å²) in [5, 5.41) is 3.67. The number of benzene rings is 1. The summed E-state index contributed by atoms with van der Waals surface area (Å²) >= 11 is 0. The molecule has 25 heavy (non-hydrogen) atoms. The lowest BCUT2D eigenvalue weighted by Crippen LogP contribution is -2.46. The molecular formula is C21H35N3O. The van der Waals surface area contributed by atoms with Crippen LogP contribution >= 0.6 is 0 Å². The first kappa shape index (κ1) is 18.5. The smallest absolute Gasteiger partial charge is 0.0578 e. The lowest BCUT2D eigenvalue weighted by Gasteiger charge is -2.41. The third-order valence-corrected chi connectivity index (χ3v) is 5.82. The van der Waals surface area contributed by atoms with Gasteiger partial charge in [-0.3, -0.25) is 0 Å². The summed E-state index contributed by atoms with van der Waals surface area (Å²) in [6.07, 6.45) is 9.14. The van der Waals surface area contributed by atoms with Crippen molar-refractivity contribution < 1.29 is 4.74 Å². The van der Waals surface area contributed by atoms with Crippen LogP contribution in [0.2, 0.25) is 0 Å². The van der Waals surface area contributed by atoms with Gasteiger partial charge in [0.05, 0.1) is 17.5 Å². The van der Waals surface area contributed by atoms with Crippen molar-refractivity contribution in [1.29, 1.82) is 0 Å². The zero-order valence-corrected chi connectivity index (χ0v) is 16.0. The van der Waals surface area contributed by atoms with E-state index in [-0.39, 0.29) is 0 Å². The molecule has 3 N–H and O–H groups in total. The van der Waals surface area contributed by atoms with Gasteiger partial charge < -0.3 is 20.7 Å². The van der Waals surface area contributed by atoms with Crippen molar-refractivity contribution in [2.75, 3.05) is 30.7 Å². The van der Waals surface area contributed by atoms with Crippen molar-refractivity contribution in [3.8, 4) is 0 Å². The molecule has 0 bridgehead atoms. The molecule has 0 unspecified atom stereocenters. The average molecular weight is 346 g/mol. The number of nitrogens with zero attached hydrogens (tertiary/aromatic N) is 1. The maximum atomic E-state index is 6.11. The number of hydrogen-bond acceptors (Lipinski definition) is 4. The minimum absolute atomic E-state index is 0.514. The Kier molecular flexibility index (Phi) is 6.60. The lowest BCUT2D eigenvalue weighted by molar-refractivity contribution is 0.00428. The molecule has 1 saturated heterocycles. The number of hydrogen-bond donors (Lipinski definition) is 2. The fourth-order valence-electron chi connectivity index (χ4n) is 4.29. The summed E-state index contributed by atoms with van der Waals surface area (Å²) in [5.74, 6) is 0. The van der Waals surface area contributed by atoms with E-state index < -0.39 is 0 Å². The van der Waals surface area contributed by atoms with Gasteiger partial charge in [0.1, 0.15) is 0 Å². The average Bonchev–Trinajstić information content (AvgIpc) is 2.64. The Morgan fingerprint density at radius 3 is 2.52 bits per heavy atom. The van der Waals surface area contributed by atoms with Gasteiger partial charge in [-0.2, -0.15) is 0 Å². The van der Waals surface area contributed by atoms with Crippen LogP contribution in [0.25, 0.3) is 0 Å². The van der Waals surface area contributed by atoms with Gasteiger partial charge in [0.25, 0.3) is 0 Å². The summed E-state index contributed by atoms with van der Waals surface area (Å²) < 4.78 is 5.93. The molecule has 0 atom stereocenters. The molecule has 2 fully saturated rings. The molecule has 1 aromatic carbocycles. The molecule has 0 aromatic heterocycles. The molecule has 1 aromatic rings. The summed E-state index contributed by atoms with van der Waals surface area (Å²) in [7, 11) is 0. The van der Waals surface area contributed by atoms with Crippen LogP contribution in [-0.4, -0.2) is 42.8 Å². The zero-order valence-electron chi connectivity index (χ0n) is 16.0. The Morgan fingerprint density at radius 2 is 1.84 bits per heavy atom. The first-order valence-corrected chi connectivity index (χ1v) is 10.1. The van der Waals surface area contributed by atoms with E-state index in [1.807, 2.05) is 6.07 Å². The standard InChI is InChI=1S/C21H35N3O/c1-3-14-25-19-7-5-18(6-8-19)24-12-10-17(11-13-24)23-21-15-16(2)4-9-20(21)22/h4,9,15,17-19,23H,3,5-8,10-14,22H2,1-2H3. The highest BCUT2D eigenvalue weighted by Crippen LogP contribution is 2.29. The van der Waals surface area contributed by atoms with E-state index in [1.165, 1.54) is 57.2 Å². The predicted octanol–water partition coefficient (Wildman–Crippen LogP) is 4.19. The second kappa shape index (κ2) is 8.91. The van der Waals surface area contributed by atoms with E-state index in [1.54, 1.807) is 0 Å². The lowest BCUT2D eigenvalue weighted by atomic mass is 9.90. The second-order valence-corrected chi connectivity index (χ2v) is 7.85. The first-order valence-electron chi connectivity index (χ1n) is 10.1. The van der Waals surface area contributed by atoms with Crippen molar-refractivity contribution >= 4 is 11.4 Å². The van der Waals surface area contributed by atoms with Gasteiger partial charge in [-0.25, -0.2) is 0 Å². The van der Waals surface area contributed by atoms with Crippen LogP contribution in [0.4, 0.5) is 11.4 Å². The maximum Gasteiger partial charge on any atom is 0.0578 e.